The van der Waals surface area contributed by atoms with Gasteiger partial charge in [0.2, 0.25) is 11.8 Å². The standard InChI is InChI=1S/C18H25N3O2S/c22-17-15-3-1-2-4-16(15)18(23)21(17)13-20-8-6-19(7-9-20)11-14-5-10-24-12-14/h5,10,12,15-16H,1-4,6-9,11,13H2/p+2/t15-,16-/m1/s1. The second kappa shape index (κ2) is 6.94. The summed E-state index contributed by atoms with van der Waals surface area (Å²) in [7, 11) is 0. The molecule has 1 aromatic heterocycles. The highest BCUT2D eigenvalue weighted by Gasteiger charge is 2.49. The lowest BCUT2D eigenvalue weighted by Gasteiger charge is -2.31. The van der Waals surface area contributed by atoms with Crippen LogP contribution in [0.2, 0.25) is 0 Å². The minimum Gasteiger partial charge on any atom is -0.322 e. The SMILES string of the molecule is O=C1[C@@H]2CCCC[C@H]2C(=O)N1C[NH+]1CC[NH+](Cc2ccsc2)CC1. The zero-order chi connectivity index (χ0) is 16.5. The first-order valence-electron chi connectivity index (χ1n) is 9.26. The van der Waals surface area contributed by atoms with Crippen molar-refractivity contribution in [1.29, 1.82) is 0 Å². The molecule has 2 aliphatic heterocycles. The molecule has 0 bridgehead atoms. The first-order chi connectivity index (χ1) is 11.7. The third kappa shape index (κ3) is 3.15. The van der Waals surface area contributed by atoms with Gasteiger partial charge in [-0.05, 0) is 29.7 Å². The molecule has 24 heavy (non-hydrogen) atoms. The number of amides is 2. The quantitative estimate of drug-likeness (QED) is 0.697. The molecule has 1 saturated carbocycles. The van der Waals surface area contributed by atoms with Gasteiger partial charge in [0.15, 0.2) is 6.67 Å². The Morgan fingerprint density at radius 1 is 1.00 bits per heavy atom. The first-order valence-corrected chi connectivity index (χ1v) is 10.2. The normalized spacial score (nSPS) is 33.8. The molecule has 6 heteroatoms. The number of hydrogen-bond acceptors (Lipinski definition) is 3. The fraction of sp³-hybridized carbons (Fsp3) is 0.667. The number of nitrogens with one attached hydrogen (secondary N) is 2. The molecule has 2 saturated heterocycles. The maximum Gasteiger partial charge on any atom is 0.237 e. The van der Waals surface area contributed by atoms with Gasteiger partial charge < -0.3 is 9.80 Å². The number of quaternary nitrogens is 2. The van der Waals surface area contributed by atoms with Crippen molar-refractivity contribution in [2.45, 2.75) is 32.2 Å². The van der Waals surface area contributed by atoms with Crippen LogP contribution in [0.3, 0.4) is 0 Å². The van der Waals surface area contributed by atoms with E-state index in [0.717, 1.165) is 58.4 Å². The maximum atomic E-state index is 12.6. The van der Waals surface area contributed by atoms with Crippen LogP contribution in [0.1, 0.15) is 31.2 Å². The van der Waals surface area contributed by atoms with E-state index in [1.165, 1.54) is 10.5 Å². The van der Waals surface area contributed by atoms with Crippen molar-refractivity contribution >= 4 is 23.2 Å². The molecule has 0 unspecified atom stereocenters. The number of nitrogens with zero attached hydrogens (tertiary/aromatic N) is 1. The minimum atomic E-state index is -0.00356. The molecular weight excluding hydrogens is 322 g/mol. The third-order valence-electron chi connectivity index (χ3n) is 6.01. The second-order valence-corrected chi connectivity index (χ2v) is 8.35. The Morgan fingerprint density at radius 2 is 1.62 bits per heavy atom. The van der Waals surface area contributed by atoms with E-state index in [1.807, 2.05) is 0 Å². The molecule has 3 fully saturated rings. The van der Waals surface area contributed by atoms with Gasteiger partial charge in [0.05, 0.1) is 11.8 Å². The average Bonchev–Trinajstić information content (AvgIpc) is 3.20. The van der Waals surface area contributed by atoms with Crippen LogP contribution in [0.5, 0.6) is 0 Å². The number of carbonyl (C=O) groups is 2. The van der Waals surface area contributed by atoms with Crippen LogP contribution in [-0.4, -0.2) is 49.6 Å². The summed E-state index contributed by atoms with van der Waals surface area (Å²) in [5, 5.41) is 4.37. The largest absolute Gasteiger partial charge is 0.322 e. The number of carbonyl (C=O) groups excluding carboxylic acids is 2. The van der Waals surface area contributed by atoms with E-state index in [2.05, 4.69) is 16.8 Å². The van der Waals surface area contributed by atoms with Crippen LogP contribution in [-0.2, 0) is 16.1 Å². The Labute approximate surface area is 147 Å². The monoisotopic (exact) mass is 349 g/mol. The van der Waals surface area contributed by atoms with E-state index in [9.17, 15) is 9.59 Å². The molecule has 4 rings (SSSR count). The van der Waals surface area contributed by atoms with Crippen LogP contribution in [0.25, 0.3) is 0 Å². The lowest BCUT2D eigenvalue weighted by Crippen LogP contribution is -3.28. The van der Waals surface area contributed by atoms with Crippen molar-refractivity contribution in [3.05, 3.63) is 22.4 Å². The summed E-state index contributed by atoms with van der Waals surface area (Å²) in [4.78, 5) is 29.8. The van der Waals surface area contributed by atoms with Gasteiger partial charge in [-0.25, -0.2) is 4.90 Å². The summed E-state index contributed by atoms with van der Waals surface area (Å²) < 4.78 is 0. The van der Waals surface area contributed by atoms with Crippen molar-refractivity contribution < 1.29 is 19.4 Å². The van der Waals surface area contributed by atoms with Crippen LogP contribution >= 0.6 is 11.3 Å². The van der Waals surface area contributed by atoms with Gasteiger partial charge in [-0.2, -0.15) is 11.3 Å². The molecule has 2 atom stereocenters. The number of piperazine rings is 1. The fourth-order valence-electron chi connectivity index (χ4n) is 4.58. The van der Waals surface area contributed by atoms with E-state index in [1.54, 1.807) is 21.1 Å². The number of imide groups is 1. The highest BCUT2D eigenvalue weighted by atomic mass is 32.1. The van der Waals surface area contributed by atoms with Gasteiger partial charge in [-0.3, -0.25) is 9.59 Å². The summed E-state index contributed by atoms with van der Waals surface area (Å²) in [6, 6.07) is 2.21. The fourth-order valence-corrected chi connectivity index (χ4v) is 5.25. The van der Waals surface area contributed by atoms with Gasteiger partial charge >= 0.3 is 0 Å². The highest BCUT2D eigenvalue weighted by molar-refractivity contribution is 7.07. The third-order valence-corrected chi connectivity index (χ3v) is 6.74. The number of likely N-dealkylation sites (tertiary alicyclic amines) is 1. The average molecular weight is 350 g/mol. The predicted molar refractivity (Wildman–Crippen MR) is 91.6 cm³/mol. The van der Waals surface area contributed by atoms with Crippen molar-refractivity contribution in [3.63, 3.8) is 0 Å². The Morgan fingerprint density at radius 3 is 2.21 bits per heavy atom. The number of fused-ring (bicyclic) bond motifs is 1. The molecule has 0 spiro atoms. The van der Waals surface area contributed by atoms with Crippen molar-refractivity contribution in [2.75, 3.05) is 32.8 Å². The molecule has 3 aliphatic rings. The Balaban J connectivity index is 1.30. The minimum absolute atomic E-state index is 0.00356. The van der Waals surface area contributed by atoms with E-state index in [-0.39, 0.29) is 23.7 Å². The Bertz CT molecular complexity index is 571. The molecule has 1 aliphatic carbocycles. The predicted octanol–water partition coefficient (Wildman–Crippen LogP) is -0.836. The van der Waals surface area contributed by atoms with Crippen LogP contribution in [0, 0.1) is 11.8 Å². The molecule has 3 heterocycles. The van der Waals surface area contributed by atoms with Crippen molar-refractivity contribution in [2.24, 2.45) is 11.8 Å². The lowest BCUT2D eigenvalue weighted by molar-refractivity contribution is -1.02. The number of thiophene rings is 1. The molecule has 130 valence electrons. The van der Waals surface area contributed by atoms with Gasteiger partial charge in [0.25, 0.3) is 0 Å². The molecule has 5 nitrogen and oxygen atoms in total. The molecule has 2 N–H and O–H groups in total. The summed E-state index contributed by atoms with van der Waals surface area (Å²) in [5.74, 6) is 0.225. The summed E-state index contributed by atoms with van der Waals surface area (Å²) in [6.07, 6.45) is 4.04. The smallest absolute Gasteiger partial charge is 0.237 e. The van der Waals surface area contributed by atoms with Gasteiger partial charge in [-0.1, -0.05) is 12.8 Å². The van der Waals surface area contributed by atoms with Crippen LogP contribution in [0.15, 0.2) is 16.8 Å². The maximum absolute atomic E-state index is 12.6. The Kier molecular flexibility index (Phi) is 4.70. The van der Waals surface area contributed by atoms with E-state index in [4.69, 9.17) is 0 Å². The molecule has 2 amide bonds. The topological polar surface area (TPSA) is 46.3 Å². The zero-order valence-corrected chi connectivity index (χ0v) is 14.9. The molecular formula is C18H27N3O2S+2. The summed E-state index contributed by atoms with van der Waals surface area (Å²) >= 11 is 1.76. The number of rotatable bonds is 4. The van der Waals surface area contributed by atoms with E-state index < -0.39 is 0 Å². The molecule has 0 radical (unpaired) electrons. The lowest BCUT2D eigenvalue weighted by atomic mass is 9.81. The number of hydrogen-bond donors (Lipinski definition) is 2. The first kappa shape index (κ1) is 16.2. The second-order valence-electron chi connectivity index (χ2n) is 7.57. The van der Waals surface area contributed by atoms with Crippen molar-refractivity contribution in [3.8, 4) is 0 Å². The summed E-state index contributed by atoms with van der Waals surface area (Å²) in [5.41, 5.74) is 1.42. The van der Waals surface area contributed by atoms with E-state index >= 15 is 0 Å². The zero-order valence-electron chi connectivity index (χ0n) is 14.1. The van der Waals surface area contributed by atoms with E-state index in [0.29, 0.717) is 6.67 Å². The van der Waals surface area contributed by atoms with Crippen LogP contribution in [0.4, 0.5) is 0 Å². The molecule has 0 aromatic carbocycles. The van der Waals surface area contributed by atoms with Crippen molar-refractivity contribution in [1.82, 2.24) is 4.90 Å². The highest BCUT2D eigenvalue weighted by Crippen LogP contribution is 2.37. The van der Waals surface area contributed by atoms with Gasteiger partial charge in [0.1, 0.15) is 32.7 Å². The van der Waals surface area contributed by atoms with Crippen LogP contribution < -0.4 is 9.80 Å². The van der Waals surface area contributed by atoms with Gasteiger partial charge in [-0.15, -0.1) is 0 Å². The summed E-state index contributed by atoms with van der Waals surface area (Å²) in [6.45, 7) is 6.03. The Hall–Kier alpha value is -1.24. The molecule has 1 aromatic rings. The van der Waals surface area contributed by atoms with Gasteiger partial charge in [0, 0.05) is 5.56 Å².